The number of hydrogen-bond acceptors (Lipinski definition) is 1. The van der Waals surface area contributed by atoms with Crippen LogP contribution in [0, 0.1) is 20.8 Å². The van der Waals surface area contributed by atoms with E-state index in [0.29, 0.717) is 5.56 Å². The first-order valence-corrected chi connectivity index (χ1v) is 9.09. The van der Waals surface area contributed by atoms with Crippen molar-refractivity contribution in [3.63, 3.8) is 0 Å². The molecule has 0 fully saturated rings. The lowest BCUT2D eigenvalue weighted by molar-refractivity contribution is 0.852. The van der Waals surface area contributed by atoms with E-state index in [0.717, 1.165) is 28.1 Å². The average Bonchev–Trinajstić information content (AvgIpc) is 3.01. The van der Waals surface area contributed by atoms with Gasteiger partial charge in [0.2, 0.25) is 0 Å². The third-order valence-corrected chi connectivity index (χ3v) is 4.86. The summed E-state index contributed by atoms with van der Waals surface area (Å²) < 4.78 is 1.63. The molecular formula is C24H22N2O. The van der Waals surface area contributed by atoms with Gasteiger partial charge in [0, 0.05) is 5.56 Å². The molecule has 0 radical (unpaired) electrons. The molecule has 0 saturated carbocycles. The minimum atomic E-state index is -0.0433. The largest absolute Gasteiger partial charge is 0.290 e. The quantitative estimate of drug-likeness (QED) is 0.524. The van der Waals surface area contributed by atoms with Crippen LogP contribution in [0.1, 0.15) is 16.7 Å². The zero-order chi connectivity index (χ0) is 19.0. The third kappa shape index (κ3) is 3.24. The number of rotatable bonds is 3. The summed E-state index contributed by atoms with van der Waals surface area (Å²) >= 11 is 0. The van der Waals surface area contributed by atoms with Gasteiger partial charge in [0.15, 0.2) is 0 Å². The Morgan fingerprint density at radius 1 is 0.630 bits per heavy atom. The molecule has 4 aromatic rings. The summed E-state index contributed by atoms with van der Waals surface area (Å²) in [4.78, 5) is 13.3. The molecule has 0 aliphatic heterocycles. The van der Waals surface area contributed by atoms with Crippen LogP contribution in [0.5, 0.6) is 0 Å². The maximum Gasteiger partial charge on any atom is 0.279 e. The lowest BCUT2D eigenvalue weighted by Crippen LogP contribution is -2.15. The van der Waals surface area contributed by atoms with Gasteiger partial charge in [-0.1, -0.05) is 77.4 Å². The van der Waals surface area contributed by atoms with Crippen molar-refractivity contribution in [1.29, 1.82) is 0 Å². The fraction of sp³-hybridized carbons (Fsp3) is 0.125. The van der Waals surface area contributed by atoms with E-state index in [1.807, 2.05) is 62.4 Å². The molecule has 0 bridgehead atoms. The zero-order valence-corrected chi connectivity index (χ0v) is 15.8. The number of aromatic amines is 1. The van der Waals surface area contributed by atoms with Crippen molar-refractivity contribution in [2.24, 2.45) is 0 Å². The van der Waals surface area contributed by atoms with Gasteiger partial charge in [0.1, 0.15) is 0 Å². The van der Waals surface area contributed by atoms with Crippen LogP contribution in [0.4, 0.5) is 0 Å². The second kappa shape index (κ2) is 6.76. The number of aromatic nitrogens is 2. The SMILES string of the molecule is Cc1ccc(-c2[nH]n(-c3ccc(C)cc3)c(=O)c2-c2ccc(C)cc2)cc1. The van der Waals surface area contributed by atoms with Gasteiger partial charge in [-0.2, -0.15) is 0 Å². The highest BCUT2D eigenvalue weighted by Crippen LogP contribution is 2.29. The van der Waals surface area contributed by atoms with Crippen molar-refractivity contribution in [3.8, 4) is 28.1 Å². The van der Waals surface area contributed by atoms with Crippen LogP contribution in [-0.2, 0) is 0 Å². The topological polar surface area (TPSA) is 37.8 Å². The van der Waals surface area contributed by atoms with Crippen molar-refractivity contribution in [3.05, 3.63) is 99.8 Å². The van der Waals surface area contributed by atoms with Gasteiger partial charge in [0.25, 0.3) is 5.56 Å². The smallest absolute Gasteiger partial charge is 0.279 e. The second-order valence-corrected chi connectivity index (χ2v) is 7.07. The molecule has 0 spiro atoms. The normalized spacial score (nSPS) is 10.9. The minimum absolute atomic E-state index is 0.0433. The van der Waals surface area contributed by atoms with Crippen molar-refractivity contribution >= 4 is 0 Å². The number of nitrogens with one attached hydrogen (secondary N) is 1. The number of benzene rings is 3. The maximum atomic E-state index is 13.3. The van der Waals surface area contributed by atoms with E-state index in [-0.39, 0.29) is 5.56 Å². The Kier molecular flexibility index (Phi) is 4.28. The zero-order valence-electron chi connectivity index (χ0n) is 15.8. The van der Waals surface area contributed by atoms with Gasteiger partial charge in [-0.25, -0.2) is 4.68 Å². The van der Waals surface area contributed by atoms with Crippen LogP contribution in [0.2, 0.25) is 0 Å². The molecule has 3 aromatic carbocycles. The van der Waals surface area contributed by atoms with Gasteiger partial charge >= 0.3 is 0 Å². The van der Waals surface area contributed by atoms with Crippen molar-refractivity contribution in [2.75, 3.05) is 0 Å². The van der Waals surface area contributed by atoms with E-state index >= 15 is 0 Å². The van der Waals surface area contributed by atoms with Gasteiger partial charge in [0.05, 0.1) is 16.9 Å². The van der Waals surface area contributed by atoms with Gasteiger partial charge in [-0.3, -0.25) is 9.89 Å². The van der Waals surface area contributed by atoms with Crippen molar-refractivity contribution in [2.45, 2.75) is 20.8 Å². The summed E-state index contributed by atoms with van der Waals surface area (Å²) in [6.45, 7) is 6.15. The summed E-state index contributed by atoms with van der Waals surface area (Å²) in [5, 5.41) is 3.34. The van der Waals surface area contributed by atoms with Crippen LogP contribution in [-0.4, -0.2) is 9.78 Å². The summed E-state index contributed by atoms with van der Waals surface area (Å²) in [6, 6.07) is 24.3. The van der Waals surface area contributed by atoms with Crippen LogP contribution in [0.3, 0.4) is 0 Å². The molecule has 0 atom stereocenters. The first-order valence-electron chi connectivity index (χ1n) is 9.09. The minimum Gasteiger partial charge on any atom is -0.290 e. The molecule has 27 heavy (non-hydrogen) atoms. The predicted octanol–water partition coefficient (Wildman–Crippen LogP) is 5.42. The van der Waals surface area contributed by atoms with Crippen LogP contribution in [0.15, 0.2) is 77.6 Å². The molecular weight excluding hydrogens is 332 g/mol. The Morgan fingerprint density at radius 3 is 1.59 bits per heavy atom. The van der Waals surface area contributed by atoms with Crippen molar-refractivity contribution < 1.29 is 0 Å². The lowest BCUT2D eigenvalue weighted by atomic mass is 10.00. The maximum absolute atomic E-state index is 13.3. The second-order valence-electron chi connectivity index (χ2n) is 7.07. The molecule has 1 heterocycles. The molecule has 134 valence electrons. The summed E-state index contributed by atoms with van der Waals surface area (Å²) in [5.41, 5.74) is 7.76. The molecule has 0 aliphatic carbocycles. The predicted molar refractivity (Wildman–Crippen MR) is 111 cm³/mol. The number of hydrogen-bond donors (Lipinski definition) is 1. The molecule has 3 heteroatoms. The third-order valence-electron chi connectivity index (χ3n) is 4.86. The summed E-state index contributed by atoms with van der Waals surface area (Å²) in [5.74, 6) is 0. The fourth-order valence-corrected chi connectivity index (χ4v) is 3.23. The molecule has 1 aromatic heterocycles. The number of nitrogens with zero attached hydrogens (tertiary/aromatic N) is 1. The van der Waals surface area contributed by atoms with E-state index in [1.54, 1.807) is 4.68 Å². The highest BCUT2D eigenvalue weighted by molar-refractivity contribution is 5.80. The monoisotopic (exact) mass is 354 g/mol. The van der Waals surface area contributed by atoms with Crippen molar-refractivity contribution in [1.82, 2.24) is 9.78 Å². The highest BCUT2D eigenvalue weighted by atomic mass is 16.1. The molecule has 4 rings (SSSR count). The highest BCUT2D eigenvalue weighted by Gasteiger charge is 2.18. The standard InChI is InChI=1S/C24H22N2O/c1-16-4-10-19(11-5-16)22-23(20-12-6-17(2)7-13-20)25-26(24(22)27)21-14-8-18(3)9-15-21/h4-15,25H,1-3H3. The Labute approximate surface area is 158 Å². The van der Waals surface area contributed by atoms with E-state index in [9.17, 15) is 4.79 Å². The van der Waals surface area contributed by atoms with Gasteiger partial charge in [-0.15, -0.1) is 0 Å². The summed E-state index contributed by atoms with van der Waals surface area (Å²) in [6.07, 6.45) is 0. The molecule has 0 aliphatic rings. The van der Waals surface area contributed by atoms with E-state index in [2.05, 4.69) is 36.3 Å². The number of H-pyrrole nitrogens is 1. The van der Waals surface area contributed by atoms with Crippen LogP contribution < -0.4 is 5.56 Å². The van der Waals surface area contributed by atoms with E-state index in [1.165, 1.54) is 11.1 Å². The first kappa shape index (κ1) is 17.1. The van der Waals surface area contributed by atoms with Crippen LogP contribution >= 0.6 is 0 Å². The van der Waals surface area contributed by atoms with E-state index in [4.69, 9.17) is 0 Å². The summed E-state index contributed by atoms with van der Waals surface area (Å²) in [7, 11) is 0. The average molecular weight is 354 g/mol. The molecule has 3 nitrogen and oxygen atoms in total. The van der Waals surface area contributed by atoms with E-state index < -0.39 is 0 Å². The Morgan fingerprint density at radius 2 is 1.07 bits per heavy atom. The first-order chi connectivity index (χ1) is 13.0. The lowest BCUT2D eigenvalue weighted by Gasteiger charge is -2.04. The fourth-order valence-electron chi connectivity index (χ4n) is 3.23. The molecule has 0 saturated heterocycles. The number of aryl methyl sites for hydroxylation is 3. The van der Waals surface area contributed by atoms with Gasteiger partial charge < -0.3 is 0 Å². The Bertz CT molecular complexity index is 1130. The van der Waals surface area contributed by atoms with Gasteiger partial charge in [-0.05, 0) is 38.5 Å². The molecule has 1 N–H and O–H groups in total. The molecule has 0 unspecified atom stereocenters. The molecule has 0 amide bonds. The van der Waals surface area contributed by atoms with Crippen LogP contribution in [0.25, 0.3) is 28.1 Å². The Balaban J connectivity index is 1.97. The Hall–Kier alpha value is -3.33.